The summed E-state index contributed by atoms with van der Waals surface area (Å²) in [5.41, 5.74) is 19.2. The number of allylic oxidation sites excluding steroid dienone is 4. The summed E-state index contributed by atoms with van der Waals surface area (Å²) in [6, 6.07) is 78.4. The number of nitrogens with zero attached hydrogens (tertiary/aromatic N) is 1. The van der Waals surface area contributed by atoms with Gasteiger partial charge in [-0.1, -0.05) is 200 Å². The van der Waals surface area contributed by atoms with Crippen molar-refractivity contribution in [1.82, 2.24) is 0 Å². The Morgan fingerprint density at radius 2 is 0.823 bits per heavy atom. The second-order valence-electron chi connectivity index (χ2n) is 15.9. The predicted octanol–water partition coefficient (Wildman–Crippen LogP) is 17.1. The van der Waals surface area contributed by atoms with E-state index in [1.165, 1.54) is 39.0 Å². The van der Waals surface area contributed by atoms with Crippen LogP contribution < -0.4 is 4.90 Å². The highest BCUT2D eigenvalue weighted by Crippen LogP contribution is 2.44. The summed E-state index contributed by atoms with van der Waals surface area (Å²) in [7, 11) is 0. The Morgan fingerprint density at radius 3 is 1.40 bits per heavy atom. The molecule has 0 saturated heterocycles. The van der Waals surface area contributed by atoms with Crippen LogP contribution in [0.1, 0.15) is 18.4 Å². The Bertz CT molecular complexity index is 3250. The van der Waals surface area contributed by atoms with Crippen molar-refractivity contribution in [2.24, 2.45) is 0 Å². The van der Waals surface area contributed by atoms with E-state index in [0.717, 1.165) is 79.7 Å². The molecule has 9 aromatic carbocycles. The van der Waals surface area contributed by atoms with Gasteiger partial charge in [0, 0.05) is 38.8 Å². The van der Waals surface area contributed by atoms with Gasteiger partial charge in [0.05, 0.1) is 5.69 Å². The first-order chi connectivity index (χ1) is 30.8. The van der Waals surface area contributed by atoms with E-state index in [1.54, 1.807) is 0 Å². The monoisotopic (exact) mass is 793 g/mol. The van der Waals surface area contributed by atoms with Gasteiger partial charge in [-0.25, -0.2) is 0 Å². The number of benzene rings is 9. The molecular formula is C60H43NO. The fourth-order valence-corrected chi connectivity index (χ4v) is 9.09. The molecule has 62 heavy (non-hydrogen) atoms. The quantitative estimate of drug-likeness (QED) is 0.145. The first kappa shape index (κ1) is 37.1. The van der Waals surface area contributed by atoms with Crippen LogP contribution in [0.5, 0.6) is 0 Å². The molecule has 0 amide bonds. The smallest absolute Gasteiger partial charge is 0.143 e. The van der Waals surface area contributed by atoms with E-state index in [0.29, 0.717) is 0 Å². The average Bonchev–Trinajstić information content (AvgIpc) is 3.75. The molecule has 294 valence electrons. The molecule has 1 aliphatic carbocycles. The van der Waals surface area contributed by atoms with Crippen LogP contribution >= 0.6 is 0 Å². The lowest BCUT2D eigenvalue weighted by Crippen LogP contribution is -2.11. The van der Waals surface area contributed by atoms with E-state index < -0.39 is 0 Å². The Balaban J connectivity index is 0.998. The first-order valence-electron chi connectivity index (χ1n) is 21.5. The number of fused-ring (bicyclic) bond motifs is 3. The summed E-state index contributed by atoms with van der Waals surface area (Å²) in [6.45, 7) is 0. The Kier molecular flexibility index (Phi) is 9.72. The number of para-hydroxylation sites is 3. The molecule has 10 aromatic rings. The van der Waals surface area contributed by atoms with Crippen LogP contribution in [0, 0.1) is 0 Å². The molecule has 1 aliphatic rings. The van der Waals surface area contributed by atoms with E-state index in [4.69, 9.17) is 4.42 Å². The van der Waals surface area contributed by atoms with Gasteiger partial charge in [-0.3, -0.25) is 0 Å². The summed E-state index contributed by atoms with van der Waals surface area (Å²) < 4.78 is 6.81. The van der Waals surface area contributed by atoms with Gasteiger partial charge >= 0.3 is 0 Å². The molecule has 2 nitrogen and oxygen atoms in total. The standard InChI is InChI=1S/C60H43NO/c1-5-17-43(18-6-1)51-40-35-48(41-57(51)46-23-11-4-12-24-46)42-31-36-49(37-32-42)61(58-30-14-13-25-52(58)44-19-7-2-8-20-44)50-38-33-47(34-39-50)54-27-16-29-56-55-28-15-26-53(59(55)62-60(54)56)45-21-9-3-10-22-45/h1-3,5-11,13-41H,4,12H2. The van der Waals surface area contributed by atoms with Crippen LogP contribution in [0.2, 0.25) is 0 Å². The molecule has 0 radical (unpaired) electrons. The molecule has 0 aliphatic heterocycles. The minimum atomic E-state index is 0.899. The van der Waals surface area contributed by atoms with Gasteiger partial charge in [0.25, 0.3) is 0 Å². The van der Waals surface area contributed by atoms with E-state index in [2.05, 4.69) is 242 Å². The molecule has 0 saturated carbocycles. The number of furan rings is 1. The zero-order chi connectivity index (χ0) is 41.2. The number of hydrogen-bond acceptors (Lipinski definition) is 2. The number of rotatable bonds is 9. The zero-order valence-electron chi connectivity index (χ0n) is 34.3. The van der Waals surface area contributed by atoms with Gasteiger partial charge in [0.2, 0.25) is 0 Å². The Morgan fingerprint density at radius 1 is 0.339 bits per heavy atom. The molecule has 0 fully saturated rings. The van der Waals surface area contributed by atoms with Crippen molar-refractivity contribution in [2.45, 2.75) is 12.8 Å². The van der Waals surface area contributed by atoms with Crippen molar-refractivity contribution < 1.29 is 4.42 Å². The van der Waals surface area contributed by atoms with Crippen molar-refractivity contribution >= 4 is 44.6 Å². The van der Waals surface area contributed by atoms with Crippen LogP contribution in [0.25, 0.3) is 83.1 Å². The topological polar surface area (TPSA) is 16.4 Å². The van der Waals surface area contributed by atoms with Crippen LogP contribution in [0.4, 0.5) is 17.1 Å². The third-order valence-electron chi connectivity index (χ3n) is 12.1. The molecule has 2 heteroatoms. The maximum absolute atomic E-state index is 6.81. The third kappa shape index (κ3) is 6.92. The lowest BCUT2D eigenvalue weighted by Gasteiger charge is -2.28. The van der Waals surface area contributed by atoms with Crippen LogP contribution in [0.3, 0.4) is 0 Å². The Hall–Kier alpha value is -7.94. The van der Waals surface area contributed by atoms with E-state index in [1.807, 2.05) is 0 Å². The van der Waals surface area contributed by atoms with E-state index in [-0.39, 0.29) is 0 Å². The lowest BCUT2D eigenvalue weighted by atomic mass is 9.89. The van der Waals surface area contributed by atoms with Crippen molar-refractivity contribution in [3.63, 3.8) is 0 Å². The van der Waals surface area contributed by atoms with Gasteiger partial charge in [0.1, 0.15) is 11.2 Å². The summed E-state index contributed by atoms with van der Waals surface area (Å²) in [5.74, 6) is 0. The molecule has 0 bridgehead atoms. The first-order valence-corrected chi connectivity index (χ1v) is 21.5. The Labute approximate surface area is 363 Å². The maximum Gasteiger partial charge on any atom is 0.143 e. The van der Waals surface area contributed by atoms with E-state index >= 15 is 0 Å². The fraction of sp³-hybridized carbons (Fsp3) is 0.0333. The molecular weight excluding hydrogens is 751 g/mol. The molecule has 0 spiro atoms. The fourth-order valence-electron chi connectivity index (χ4n) is 9.09. The van der Waals surface area contributed by atoms with Crippen molar-refractivity contribution in [2.75, 3.05) is 4.90 Å². The second kappa shape index (κ2) is 16.3. The summed E-state index contributed by atoms with van der Waals surface area (Å²) in [6.07, 6.45) is 9.10. The minimum absolute atomic E-state index is 0.899. The van der Waals surface area contributed by atoms with Crippen molar-refractivity contribution in [1.29, 1.82) is 0 Å². The van der Waals surface area contributed by atoms with E-state index in [9.17, 15) is 0 Å². The number of hydrogen-bond donors (Lipinski definition) is 0. The van der Waals surface area contributed by atoms with Crippen LogP contribution in [-0.2, 0) is 0 Å². The molecule has 0 N–H and O–H groups in total. The zero-order valence-corrected chi connectivity index (χ0v) is 34.3. The minimum Gasteiger partial charge on any atom is -0.455 e. The third-order valence-corrected chi connectivity index (χ3v) is 12.1. The highest BCUT2D eigenvalue weighted by molar-refractivity contribution is 6.13. The normalized spacial score (nSPS) is 12.4. The second-order valence-corrected chi connectivity index (χ2v) is 15.9. The highest BCUT2D eigenvalue weighted by Gasteiger charge is 2.20. The van der Waals surface area contributed by atoms with Gasteiger partial charge in [-0.05, 0) is 99.3 Å². The van der Waals surface area contributed by atoms with Crippen molar-refractivity contribution in [3.05, 3.63) is 242 Å². The predicted molar refractivity (Wildman–Crippen MR) is 262 cm³/mol. The summed E-state index contributed by atoms with van der Waals surface area (Å²) in [4.78, 5) is 2.38. The molecule has 11 rings (SSSR count). The maximum atomic E-state index is 6.81. The lowest BCUT2D eigenvalue weighted by molar-refractivity contribution is 0.671. The average molecular weight is 794 g/mol. The molecule has 1 aromatic heterocycles. The van der Waals surface area contributed by atoms with Crippen LogP contribution in [-0.4, -0.2) is 0 Å². The molecule has 0 unspecified atom stereocenters. The van der Waals surface area contributed by atoms with Crippen LogP contribution in [0.15, 0.2) is 241 Å². The van der Waals surface area contributed by atoms with Gasteiger partial charge in [0.15, 0.2) is 0 Å². The van der Waals surface area contributed by atoms with Crippen molar-refractivity contribution in [3.8, 4) is 55.6 Å². The SMILES string of the molecule is C1=CC(c2cc(-c3ccc(N(c4ccc(-c5cccc6c5oc5c(-c7ccccc7)cccc56)cc4)c4ccccc4-c4ccccc4)cc3)ccc2-c2ccccc2)=CCC1. The van der Waals surface area contributed by atoms with Gasteiger partial charge in [-0.15, -0.1) is 0 Å². The van der Waals surface area contributed by atoms with Gasteiger partial charge < -0.3 is 9.32 Å². The molecule has 1 heterocycles. The number of anilines is 3. The largest absolute Gasteiger partial charge is 0.455 e. The van der Waals surface area contributed by atoms with Gasteiger partial charge in [-0.2, -0.15) is 0 Å². The molecule has 0 atom stereocenters. The summed E-state index contributed by atoms with van der Waals surface area (Å²) >= 11 is 0. The highest BCUT2D eigenvalue weighted by atomic mass is 16.3. The summed E-state index contributed by atoms with van der Waals surface area (Å²) in [5, 5.41) is 2.24.